The standard InChI is InChI=1S/C18H18ClN3O/c1-12-9-17(23)22-11-16(14-5-7-15(19)8-6-14)20-18(22)21(12)10-13-3-2-4-13/h5-9,11,13H,2-4,10H2,1H3. The largest absolute Gasteiger partial charge is 0.315 e. The van der Waals surface area contributed by atoms with Crippen LogP contribution in [0.15, 0.2) is 41.3 Å². The Kier molecular flexibility index (Phi) is 3.49. The molecular formula is C18H18ClN3O. The number of hydrogen-bond donors (Lipinski definition) is 0. The molecule has 0 bridgehead atoms. The van der Waals surface area contributed by atoms with Gasteiger partial charge in [0.15, 0.2) is 0 Å². The molecule has 1 aliphatic rings. The highest BCUT2D eigenvalue weighted by Gasteiger charge is 2.20. The van der Waals surface area contributed by atoms with Crippen LogP contribution in [0.2, 0.25) is 5.02 Å². The second-order valence-electron chi connectivity index (χ2n) is 6.33. The van der Waals surface area contributed by atoms with E-state index in [1.165, 1.54) is 19.3 Å². The normalized spacial score (nSPS) is 15.0. The number of nitrogens with zero attached hydrogens (tertiary/aromatic N) is 3. The molecule has 4 nitrogen and oxygen atoms in total. The van der Waals surface area contributed by atoms with Gasteiger partial charge in [-0.15, -0.1) is 0 Å². The topological polar surface area (TPSA) is 39.3 Å². The van der Waals surface area contributed by atoms with Gasteiger partial charge >= 0.3 is 0 Å². The van der Waals surface area contributed by atoms with Crippen LogP contribution in [-0.4, -0.2) is 14.0 Å². The maximum absolute atomic E-state index is 12.3. The monoisotopic (exact) mass is 327 g/mol. The predicted molar refractivity (Wildman–Crippen MR) is 92.0 cm³/mol. The van der Waals surface area contributed by atoms with Crippen LogP contribution in [0.3, 0.4) is 0 Å². The Bertz CT molecular complexity index is 920. The summed E-state index contributed by atoms with van der Waals surface area (Å²) in [5.41, 5.74) is 2.70. The van der Waals surface area contributed by atoms with E-state index in [0.717, 1.165) is 29.3 Å². The lowest BCUT2D eigenvalue weighted by molar-refractivity contribution is 0.276. The highest BCUT2D eigenvalue weighted by molar-refractivity contribution is 6.30. The Labute approximate surface area is 139 Å². The van der Waals surface area contributed by atoms with Crippen molar-refractivity contribution in [1.82, 2.24) is 14.0 Å². The van der Waals surface area contributed by atoms with Crippen LogP contribution >= 0.6 is 11.6 Å². The van der Waals surface area contributed by atoms with Gasteiger partial charge in [0.2, 0.25) is 5.78 Å². The van der Waals surface area contributed by atoms with Crippen molar-refractivity contribution in [2.75, 3.05) is 0 Å². The summed E-state index contributed by atoms with van der Waals surface area (Å²) < 4.78 is 3.82. The fraction of sp³-hybridized carbons (Fsp3) is 0.333. The molecule has 118 valence electrons. The fourth-order valence-corrected chi connectivity index (χ4v) is 3.25. The molecule has 0 aliphatic heterocycles. The van der Waals surface area contributed by atoms with Gasteiger partial charge in [-0.3, -0.25) is 9.20 Å². The predicted octanol–water partition coefficient (Wildman–Crippen LogP) is 3.92. The summed E-state index contributed by atoms with van der Waals surface area (Å²) in [7, 11) is 0. The Morgan fingerprint density at radius 1 is 1.26 bits per heavy atom. The van der Waals surface area contributed by atoms with Crippen molar-refractivity contribution in [2.45, 2.75) is 32.7 Å². The molecule has 0 saturated heterocycles. The van der Waals surface area contributed by atoms with Crippen LogP contribution in [0.5, 0.6) is 0 Å². The van der Waals surface area contributed by atoms with Crippen LogP contribution in [-0.2, 0) is 6.54 Å². The summed E-state index contributed by atoms with van der Waals surface area (Å²) in [4.78, 5) is 17.0. The molecule has 2 aromatic heterocycles. The molecule has 0 unspecified atom stereocenters. The first-order chi connectivity index (χ1) is 11.1. The third kappa shape index (κ3) is 2.57. The number of benzene rings is 1. The van der Waals surface area contributed by atoms with E-state index in [9.17, 15) is 4.79 Å². The SMILES string of the molecule is Cc1cc(=O)n2cc(-c3ccc(Cl)cc3)nc2n1CC1CCC1. The van der Waals surface area contributed by atoms with Crippen molar-refractivity contribution in [1.29, 1.82) is 0 Å². The van der Waals surface area contributed by atoms with Crippen molar-refractivity contribution in [3.63, 3.8) is 0 Å². The molecule has 1 saturated carbocycles. The minimum atomic E-state index is -0.0323. The summed E-state index contributed by atoms with van der Waals surface area (Å²) in [6.07, 6.45) is 5.66. The Hall–Kier alpha value is -2.07. The summed E-state index contributed by atoms with van der Waals surface area (Å²) >= 11 is 5.95. The molecule has 2 heterocycles. The first kappa shape index (κ1) is 14.5. The zero-order valence-electron chi connectivity index (χ0n) is 13.0. The molecular weight excluding hydrogens is 310 g/mol. The second-order valence-corrected chi connectivity index (χ2v) is 6.77. The second kappa shape index (κ2) is 5.53. The minimum Gasteiger partial charge on any atom is -0.315 e. The van der Waals surface area contributed by atoms with Gasteiger partial charge in [-0.25, -0.2) is 4.98 Å². The summed E-state index contributed by atoms with van der Waals surface area (Å²) in [6, 6.07) is 9.23. The van der Waals surface area contributed by atoms with Crippen LogP contribution in [0.4, 0.5) is 0 Å². The van der Waals surface area contributed by atoms with Gasteiger partial charge in [-0.2, -0.15) is 0 Å². The molecule has 0 N–H and O–H groups in total. The highest BCUT2D eigenvalue weighted by Crippen LogP contribution is 2.29. The lowest BCUT2D eigenvalue weighted by atomic mass is 9.85. The molecule has 5 heteroatoms. The van der Waals surface area contributed by atoms with Gasteiger partial charge in [0.25, 0.3) is 5.56 Å². The number of rotatable bonds is 3. The third-order valence-corrected chi connectivity index (χ3v) is 4.98. The van der Waals surface area contributed by atoms with Gasteiger partial charge < -0.3 is 4.57 Å². The van der Waals surface area contributed by atoms with Crippen LogP contribution in [0, 0.1) is 12.8 Å². The molecule has 23 heavy (non-hydrogen) atoms. The van der Waals surface area contributed by atoms with Crippen molar-refractivity contribution in [2.24, 2.45) is 5.92 Å². The van der Waals surface area contributed by atoms with E-state index < -0.39 is 0 Å². The van der Waals surface area contributed by atoms with Crippen LogP contribution in [0.25, 0.3) is 17.0 Å². The van der Waals surface area contributed by atoms with E-state index in [0.29, 0.717) is 10.9 Å². The van der Waals surface area contributed by atoms with Gasteiger partial charge in [-0.05, 0) is 37.8 Å². The summed E-state index contributed by atoms with van der Waals surface area (Å²) in [6.45, 7) is 2.92. The van der Waals surface area contributed by atoms with Gasteiger partial charge in [-0.1, -0.05) is 30.2 Å². The highest BCUT2D eigenvalue weighted by atomic mass is 35.5. The number of aromatic nitrogens is 3. The van der Waals surface area contributed by atoms with Gasteiger partial charge in [0.05, 0.1) is 5.69 Å². The van der Waals surface area contributed by atoms with E-state index in [2.05, 4.69) is 4.57 Å². The Balaban J connectivity index is 1.85. The lowest BCUT2D eigenvalue weighted by Gasteiger charge is -2.27. The van der Waals surface area contributed by atoms with Gasteiger partial charge in [0, 0.05) is 35.1 Å². The number of fused-ring (bicyclic) bond motifs is 1. The van der Waals surface area contributed by atoms with Crippen molar-refractivity contribution >= 4 is 17.4 Å². The zero-order chi connectivity index (χ0) is 16.0. The molecule has 0 radical (unpaired) electrons. The van der Waals surface area contributed by atoms with E-state index >= 15 is 0 Å². The van der Waals surface area contributed by atoms with E-state index in [1.807, 2.05) is 37.4 Å². The third-order valence-electron chi connectivity index (χ3n) is 4.73. The molecule has 3 aromatic rings. The molecule has 1 aliphatic carbocycles. The summed E-state index contributed by atoms with van der Waals surface area (Å²) in [5, 5.41) is 0.693. The maximum atomic E-state index is 12.3. The van der Waals surface area contributed by atoms with Gasteiger partial charge in [0.1, 0.15) is 0 Å². The van der Waals surface area contributed by atoms with E-state index in [-0.39, 0.29) is 5.56 Å². The molecule has 4 rings (SSSR count). The maximum Gasteiger partial charge on any atom is 0.259 e. The number of hydrogen-bond acceptors (Lipinski definition) is 2. The molecule has 1 aromatic carbocycles. The fourth-order valence-electron chi connectivity index (χ4n) is 3.13. The van der Waals surface area contributed by atoms with Crippen LogP contribution in [0.1, 0.15) is 25.0 Å². The van der Waals surface area contributed by atoms with Crippen molar-refractivity contribution in [3.05, 3.63) is 57.6 Å². The number of imidazole rings is 1. The minimum absolute atomic E-state index is 0.0323. The summed E-state index contributed by atoms with van der Waals surface area (Å²) in [5.74, 6) is 1.43. The Morgan fingerprint density at radius 3 is 2.65 bits per heavy atom. The first-order valence-corrected chi connectivity index (χ1v) is 8.35. The van der Waals surface area contributed by atoms with Crippen molar-refractivity contribution in [3.8, 4) is 11.3 Å². The number of halogens is 1. The van der Waals surface area contributed by atoms with E-state index in [1.54, 1.807) is 10.5 Å². The van der Waals surface area contributed by atoms with E-state index in [4.69, 9.17) is 16.6 Å². The van der Waals surface area contributed by atoms with Crippen LogP contribution < -0.4 is 5.56 Å². The quantitative estimate of drug-likeness (QED) is 0.731. The molecule has 0 spiro atoms. The zero-order valence-corrected chi connectivity index (χ0v) is 13.8. The Morgan fingerprint density at radius 2 is 2.00 bits per heavy atom. The first-order valence-electron chi connectivity index (χ1n) is 7.97. The average molecular weight is 328 g/mol. The smallest absolute Gasteiger partial charge is 0.259 e. The number of aryl methyl sites for hydroxylation is 1. The molecule has 0 amide bonds. The average Bonchev–Trinajstić information content (AvgIpc) is 2.91. The lowest BCUT2D eigenvalue weighted by Crippen LogP contribution is -2.24. The molecule has 0 atom stereocenters. The van der Waals surface area contributed by atoms with Crippen molar-refractivity contribution < 1.29 is 0 Å². The molecule has 1 fully saturated rings.